The zero-order chi connectivity index (χ0) is 23.5. The summed E-state index contributed by atoms with van der Waals surface area (Å²) in [6, 6.07) is 29.2. The van der Waals surface area contributed by atoms with Crippen LogP contribution in [0.3, 0.4) is 0 Å². The molecule has 7 rings (SSSR count). The standard InChI is InChI=1S/C31H33N3O/c1-20-25-19-34-17-16-24-29-23(21-10-5-3-6-11-21)14-9-15-26(29)32-30(24)28(34)18-27(25)33(2)31(35-20)22-12-7-4-8-13-22/h3-15,20,25,27-28,31-32H,16-19H2,1-2H3/t20-,25-,27-,28-,31?/m0/s1. The molecule has 4 heteroatoms. The molecule has 0 spiro atoms. The Kier molecular flexibility index (Phi) is 5.09. The van der Waals surface area contributed by atoms with Crippen molar-refractivity contribution in [1.29, 1.82) is 0 Å². The Morgan fingerprint density at radius 1 is 0.914 bits per heavy atom. The van der Waals surface area contributed by atoms with Crippen LogP contribution in [-0.4, -0.2) is 47.1 Å². The summed E-state index contributed by atoms with van der Waals surface area (Å²) in [6.07, 6.45) is 2.51. The highest BCUT2D eigenvalue weighted by Crippen LogP contribution is 2.47. The molecule has 178 valence electrons. The summed E-state index contributed by atoms with van der Waals surface area (Å²) >= 11 is 0. The van der Waals surface area contributed by atoms with Crippen LogP contribution in [0.15, 0.2) is 78.9 Å². The van der Waals surface area contributed by atoms with Crippen molar-refractivity contribution in [1.82, 2.24) is 14.8 Å². The first kappa shape index (κ1) is 21.4. The minimum absolute atomic E-state index is 0.0226. The van der Waals surface area contributed by atoms with E-state index in [1.165, 1.54) is 38.9 Å². The molecule has 5 atom stereocenters. The highest BCUT2D eigenvalue weighted by Gasteiger charge is 2.48. The van der Waals surface area contributed by atoms with Gasteiger partial charge in [-0.2, -0.15) is 0 Å². The van der Waals surface area contributed by atoms with Crippen molar-refractivity contribution in [2.75, 3.05) is 20.1 Å². The number of ether oxygens (including phenoxy) is 1. The second-order valence-electron chi connectivity index (χ2n) is 10.6. The minimum atomic E-state index is 0.0226. The molecule has 4 aromatic rings. The van der Waals surface area contributed by atoms with Crippen molar-refractivity contribution in [2.24, 2.45) is 5.92 Å². The number of aromatic amines is 1. The molecule has 4 heterocycles. The first-order chi connectivity index (χ1) is 17.2. The van der Waals surface area contributed by atoms with Crippen LogP contribution in [0.1, 0.15) is 42.4 Å². The molecule has 0 aliphatic carbocycles. The Hall–Kier alpha value is -2.92. The maximum Gasteiger partial charge on any atom is 0.137 e. The predicted octanol–water partition coefficient (Wildman–Crippen LogP) is 6.17. The number of hydrogen-bond acceptors (Lipinski definition) is 3. The van der Waals surface area contributed by atoms with Gasteiger partial charge in [0.1, 0.15) is 6.23 Å². The number of H-pyrrole nitrogens is 1. The largest absolute Gasteiger partial charge is 0.357 e. The van der Waals surface area contributed by atoms with Crippen LogP contribution in [0.4, 0.5) is 0 Å². The number of benzene rings is 3. The molecule has 3 aliphatic rings. The summed E-state index contributed by atoms with van der Waals surface area (Å²) in [5.74, 6) is 0.530. The third kappa shape index (κ3) is 3.39. The Labute approximate surface area is 207 Å². The average Bonchev–Trinajstić information content (AvgIpc) is 3.30. The lowest BCUT2D eigenvalue weighted by atomic mass is 9.78. The molecule has 1 aromatic heterocycles. The highest BCUT2D eigenvalue weighted by atomic mass is 16.5. The van der Waals surface area contributed by atoms with E-state index in [4.69, 9.17) is 4.74 Å². The quantitative estimate of drug-likeness (QED) is 0.386. The van der Waals surface area contributed by atoms with Gasteiger partial charge in [0.2, 0.25) is 0 Å². The molecule has 1 unspecified atom stereocenters. The number of aromatic nitrogens is 1. The lowest BCUT2D eigenvalue weighted by Crippen LogP contribution is -2.60. The Bertz CT molecular complexity index is 1350. The van der Waals surface area contributed by atoms with Gasteiger partial charge in [0.25, 0.3) is 0 Å². The van der Waals surface area contributed by atoms with Gasteiger partial charge >= 0.3 is 0 Å². The summed E-state index contributed by atoms with van der Waals surface area (Å²) in [4.78, 5) is 9.12. The van der Waals surface area contributed by atoms with E-state index in [2.05, 4.69) is 108 Å². The van der Waals surface area contributed by atoms with Crippen molar-refractivity contribution in [3.05, 3.63) is 95.7 Å². The van der Waals surface area contributed by atoms with Gasteiger partial charge in [-0.1, -0.05) is 72.8 Å². The fourth-order valence-corrected chi connectivity index (χ4v) is 7.05. The third-order valence-corrected chi connectivity index (χ3v) is 8.80. The molecule has 3 aromatic carbocycles. The maximum atomic E-state index is 6.61. The number of rotatable bonds is 2. The van der Waals surface area contributed by atoms with Crippen LogP contribution in [-0.2, 0) is 11.2 Å². The van der Waals surface area contributed by atoms with E-state index in [-0.39, 0.29) is 12.3 Å². The van der Waals surface area contributed by atoms with E-state index in [0.29, 0.717) is 18.0 Å². The Morgan fingerprint density at radius 3 is 2.49 bits per heavy atom. The number of fused-ring (bicyclic) bond motifs is 6. The monoisotopic (exact) mass is 463 g/mol. The summed E-state index contributed by atoms with van der Waals surface area (Å²) < 4.78 is 6.61. The van der Waals surface area contributed by atoms with Crippen LogP contribution in [0.5, 0.6) is 0 Å². The first-order valence-corrected chi connectivity index (χ1v) is 13.0. The van der Waals surface area contributed by atoms with Gasteiger partial charge in [0.05, 0.1) is 12.1 Å². The molecule has 0 bridgehead atoms. The van der Waals surface area contributed by atoms with Gasteiger partial charge in [-0.05, 0) is 55.1 Å². The molecule has 4 nitrogen and oxygen atoms in total. The highest BCUT2D eigenvalue weighted by molar-refractivity contribution is 5.98. The first-order valence-electron chi connectivity index (χ1n) is 13.0. The van der Waals surface area contributed by atoms with Crippen LogP contribution in [0, 0.1) is 5.92 Å². The molecule has 2 fully saturated rings. The predicted molar refractivity (Wildman–Crippen MR) is 141 cm³/mol. The topological polar surface area (TPSA) is 31.5 Å². The van der Waals surface area contributed by atoms with Crippen molar-refractivity contribution >= 4 is 10.9 Å². The van der Waals surface area contributed by atoms with Gasteiger partial charge in [-0.15, -0.1) is 0 Å². The van der Waals surface area contributed by atoms with Crippen molar-refractivity contribution in [3.8, 4) is 11.1 Å². The summed E-state index contributed by atoms with van der Waals surface area (Å²) in [5.41, 5.74) is 8.15. The Balaban J connectivity index is 1.27. The van der Waals surface area contributed by atoms with Gasteiger partial charge < -0.3 is 9.72 Å². The number of hydrogen-bond donors (Lipinski definition) is 1. The van der Waals surface area contributed by atoms with E-state index < -0.39 is 0 Å². The van der Waals surface area contributed by atoms with Gasteiger partial charge in [0.15, 0.2) is 0 Å². The van der Waals surface area contributed by atoms with Crippen molar-refractivity contribution in [2.45, 2.75) is 44.2 Å². The molecule has 3 aliphatic heterocycles. The van der Waals surface area contributed by atoms with E-state index in [9.17, 15) is 0 Å². The molecule has 0 saturated carbocycles. The number of nitrogens with zero attached hydrogens (tertiary/aromatic N) is 2. The normalized spacial score (nSPS) is 28.9. The molecule has 0 radical (unpaired) electrons. The summed E-state index contributed by atoms with van der Waals surface area (Å²) in [5, 5.41) is 1.42. The van der Waals surface area contributed by atoms with E-state index >= 15 is 0 Å². The zero-order valence-corrected chi connectivity index (χ0v) is 20.5. The van der Waals surface area contributed by atoms with Crippen molar-refractivity contribution < 1.29 is 4.74 Å². The van der Waals surface area contributed by atoms with Crippen LogP contribution in [0.25, 0.3) is 22.0 Å². The second kappa shape index (κ2) is 8.34. The average molecular weight is 464 g/mol. The molecular weight excluding hydrogens is 430 g/mol. The fraction of sp³-hybridized carbons (Fsp3) is 0.355. The molecular formula is C31H33N3O. The minimum Gasteiger partial charge on any atom is -0.357 e. The summed E-state index contributed by atoms with van der Waals surface area (Å²) in [7, 11) is 2.26. The number of piperidine rings is 1. The maximum absolute atomic E-state index is 6.61. The molecule has 2 saturated heterocycles. The van der Waals surface area contributed by atoms with Crippen LogP contribution >= 0.6 is 0 Å². The Morgan fingerprint density at radius 2 is 1.69 bits per heavy atom. The van der Waals surface area contributed by atoms with Gasteiger partial charge in [-0.3, -0.25) is 9.80 Å². The number of nitrogens with one attached hydrogen (secondary N) is 1. The lowest BCUT2D eigenvalue weighted by Gasteiger charge is -2.55. The SMILES string of the molecule is C[C@@H]1OC(c2ccccc2)N(C)[C@H]2C[C@H]3c4[nH]c5cccc(-c6ccccc6)c5c4CCN3C[C@@H]12. The van der Waals surface area contributed by atoms with Gasteiger partial charge in [-0.25, -0.2) is 0 Å². The fourth-order valence-electron chi connectivity index (χ4n) is 7.05. The van der Waals surface area contributed by atoms with Crippen LogP contribution in [0.2, 0.25) is 0 Å². The smallest absolute Gasteiger partial charge is 0.137 e. The second-order valence-corrected chi connectivity index (χ2v) is 10.6. The molecule has 0 amide bonds. The van der Waals surface area contributed by atoms with E-state index in [0.717, 1.165) is 25.9 Å². The van der Waals surface area contributed by atoms with Crippen molar-refractivity contribution in [3.63, 3.8) is 0 Å². The van der Waals surface area contributed by atoms with E-state index in [1.807, 2.05) is 0 Å². The van der Waals surface area contributed by atoms with Gasteiger partial charge in [0, 0.05) is 41.6 Å². The lowest BCUT2D eigenvalue weighted by molar-refractivity contribution is -0.202. The molecule has 35 heavy (non-hydrogen) atoms. The third-order valence-electron chi connectivity index (χ3n) is 8.80. The molecule has 1 N–H and O–H groups in total. The van der Waals surface area contributed by atoms with Crippen LogP contribution < -0.4 is 0 Å². The summed E-state index contributed by atoms with van der Waals surface area (Å²) in [6.45, 7) is 4.50. The van der Waals surface area contributed by atoms with E-state index in [1.54, 1.807) is 0 Å². The zero-order valence-electron chi connectivity index (χ0n) is 20.5.